The average molecular weight is 811 g/mol. The summed E-state index contributed by atoms with van der Waals surface area (Å²) in [7, 11) is -0.500. The van der Waals surface area contributed by atoms with Crippen LogP contribution in [0.1, 0.15) is 159 Å². The Morgan fingerprint density at radius 1 is 0.439 bits per heavy atom. The summed E-state index contributed by atoms with van der Waals surface area (Å²) in [5.41, 5.74) is 12.2. The molecule has 6 rings (SSSR count). The molecule has 0 radical (unpaired) electrons. The third kappa shape index (κ3) is 10.1. The molecule has 0 saturated carbocycles. The van der Waals surface area contributed by atoms with Crippen molar-refractivity contribution in [2.45, 2.75) is 170 Å². The minimum absolute atomic E-state index is 0.141. The number of rotatable bonds is 10. The van der Waals surface area contributed by atoms with E-state index in [9.17, 15) is 0 Å². The highest BCUT2D eigenvalue weighted by Crippen LogP contribution is 2.55. The summed E-state index contributed by atoms with van der Waals surface area (Å²) in [6.07, 6.45) is 9.44. The molecule has 4 aromatic carbocycles. The van der Waals surface area contributed by atoms with Gasteiger partial charge in [0.25, 0.3) is 18.1 Å². The fourth-order valence-corrected chi connectivity index (χ4v) is 9.52. The number of benzene rings is 4. The maximum atomic E-state index is 7.03. The summed E-state index contributed by atoms with van der Waals surface area (Å²) in [5.74, 6) is 4.17. The summed E-state index contributed by atoms with van der Waals surface area (Å²) in [6.45, 7) is 31.2. The molecule has 0 saturated heterocycles. The zero-order valence-electron chi connectivity index (χ0n) is 37.3. The van der Waals surface area contributed by atoms with Crippen LogP contribution < -0.4 is 22.8 Å². The van der Waals surface area contributed by atoms with Crippen molar-refractivity contribution in [1.29, 1.82) is 0 Å². The molecular weight excluding hydrogens is 742 g/mol. The first-order chi connectivity index (χ1) is 26.6. The van der Waals surface area contributed by atoms with Gasteiger partial charge in [0.1, 0.15) is 34.3 Å². The molecule has 0 amide bonds. The summed E-state index contributed by atoms with van der Waals surface area (Å²) < 4.78 is 33.8. The van der Waals surface area contributed by atoms with Crippen LogP contribution in [0.4, 0.5) is 0 Å². The summed E-state index contributed by atoms with van der Waals surface area (Å²) >= 11 is 0. The van der Waals surface area contributed by atoms with Crippen molar-refractivity contribution in [1.82, 2.24) is 0 Å². The molecule has 4 aromatic rings. The summed E-state index contributed by atoms with van der Waals surface area (Å²) in [4.78, 5) is 0. The fourth-order valence-electron chi connectivity index (χ4n) is 8.40. The lowest BCUT2D eigenvalue weighted by atomic mass is 9.74. The van der Waals surface area contributed by atoms with Gasteiger partial charge in [-0.05, 0) is 166 Å². The van der Waals surface area contributed by atoms with Crippen molar-refractivity contribution in [3.8, 4) is 39.9 Å². The van der Waals surface area contributed by atoms with Crippen molar-refractivity contribution in [3.05, 3.63) is 98.6 Å². The summed E-state index contributed by atoms with van der Waals surface area (Å²) in [5, 5.41) is 0. The van der Waals surface area contributed by atoms with E-state index in [1.165, 1.54) is 53.5 Å². The Bertz CT molecular complexity index is 2090. The van der Waals surface area contributed by atoms with Gasteiger partial charge in [0.2, 0.25) is 0 Å². The van der Waals surface area contributed by atoms with Crippen molar-refractivity contribution in [2.75, 3.05) is 0 Å². The molecule has 7 heteroatoms. The van der Waals surface area contributed by atoms with Gasteiger partial charge >= 0.3 is 0 Å². The largest absolute Gasteiger partial charge is 0.488 e. The highest BCUT2D eigenvalue weighted by Gasteiger charge is 2.35. The molecule has 0 aliphatic heterocycles. The van der Waals surface area contributed by atoms with E-state index >= 15 is 0 Å². The molecule has 308 valence electrons. The first-order valence-corrected chi connectivity index (χ1v) is 22.7. The molecule has 2 aliphatic rings. The molecule has 57 heavy (non-hydrogen) atoms. The number of ether oxygens (including phenoxy) is 1. The van der Waals surface area contributed by atoms with Crippen LogP contribution in [0, 0.1) is 13.8 Å². The van der Waals surface area contributed by atoms with Crippen molar-refractivity contribution >= 4 is 18.1 Å². The van der Waals surface area contributed by atoms with Gasteiger partial charge in [-0.2, -0.15) is 0 Å². The topological polar surface area (TPSA) is 46.2 Å². The van der Waals surface area contributed by atoms with E-state index < -0.39 is 5.60 Å². The first-order valence-electron chi connectivity index (χ1n) is 21.1. The molecule has 0 bridgehead atoms. The Morgan fingerprint density at radius 3 is 1.26 bits per heavy atom. The number of fused-ring (bicyclic) bond motifs is 2. The van der Waals surface area contributed by atoms with E-state index in [1.807, 2.05) is 0 Å². The maximum Gasteiger partial charge on any atom is 0.275 e. The second-order valence-corrected chi connectivity index (χ2v) is 21.5. The maximum absolute atomic E-state index is 7.03. The molecule has 2 atom stereocenters. The zero-order valence-corrected chi connectivity index (χ0v) is 39.3. The van der Waals surface area contributed by atoms with Gasteiger partial charge in [0.15, 0.2) is 0 Å². The van der Waals surface area contributed by atoms with Crippen LogP contribution in [0.25, 0.3) is 11.1 Å². The Labute approximate surface area is 348 Å². The van der Waals surface area contributed by atoms with Crippen molar-refractivity contribution in [2.24, 2.45) is 0 Å². The molecule has 0 spiro atoms. The monoisotopic (exact) mass is 810 g/mol. The van der Waals surface area contributed by atoms with Gasteiger partial charge in [-0.25, -0.2) is 0 Å². The van der Waals surface area contributed by atoms with Crippen LogP contribution in [-0.4, -0.2) is 5.60 Å². The van der Waals surface area contributed by atoms with E-state index in [0.29, 0.717) is 0 Å². The highest BCUT2D eigenvalue weighted by molar-refractivity contribution is 7.27. The smallest absolute Gasteiger partial charge is 0.275 e. The first kappa shape index (κ1) is 43.3. The molecule has 5 nitrogen and oxygen atoms in total. The van der Waals surface area contributed by atoms with Gasteiger partial charge in [0.05, 0.1) is 0 Å². The standard InChI is InChI=1S/C50H68O5P2/c1-31-39(47(3,4)5)29-40(48(6,7)8)45(54-56-52-37-25-23-33-19-15-17-21-35(33)27-37)43(31)44-32(2)42(51-50(12,13)14)30-41(49(9,10)11)46(44)55-57-53-38-26-24-34-20-16-18-22-36(34)28-38/h23-30,56-57H,15-22H2,1-14H3. The average Bonchev–Trinajstić information content (AvgIpc) is 3.11. The van der Waals surface area contributed by atoms with Crippen molar-refractivity contribution < 1.29 is 22.8 Å². The Balaban J connectivity index is 1.54. The normalized spacial score (nSPS) is 15.2. The Morgan fingerprint density at radius 2 is 0.842 bits per heavy atom. The number of hydrogen-bond acceptors (Lipinski definition) is 5. The molecule has 0 fully saturated rings. The van der Waals surface area contributed by atoms with Gasteiger partial charge < -0.3 is 22.8 Å². The minimum Gasteiger partial charge on any atom is -0.488 e. The van der Waals surface area contributed by atoms with Gasteiger partial charge in [-0.3, -0.25) is 0 Å². The lowest BCUT2D eigenvalue weighted by Gasteiger charge is -2.34. The van der Waals surface area contributed by atoms with Crippen molar-refractivity contribution in [3.63, 3.8) is 0 Å². The summed E-state index contributed by atoms with van der Waals surface area (Å²) in [6, 6.07) is 17.7. The van der Waals surface area contributed by atoms with Gasteiger partial charge in [-0.1, -0.05) is 80.5 Å². The second-order valence-electron chi connectivity index (χ2n) is 20.4. The minimum atomic E-state index is -0.417. The molecule has 2 unspecified atom stereocenters. The van der Waals surface area contributed by atoms with Crippen LogP contribution in [0.2, 0.25) is 0 Å². The van der Waals surface area contributed by atoms with Crippen LogP contribution in [-0.2, 0) is 41.9 Å². The fraction of sp³-hybridized carbons (Fsp3) is 0.520. The Hall–Kier alpha value is -3.26. The quantitative estimate of drug-likeness (QED) is 0.149. The predicted molar refractivity (Wildman–Crippen MR) is 243 cm³/mol. The van der Waals surface area contributed by atoms with Crippen LogP contribution in [0.5, 0.6) is 28.7 Å². The van der Waals surface area contributed by atoms with Crippen LogP contribution in [0.15, 0.2) is 48.5 Å². The van der Waals surface area contributed by atoms with Gasteiger partial charge in [-0.15, -0.1) is 0 Å². The number of aryl methyl sites for hydroxylation is 4. The lowest BCUT2D eigenvalue weighted by Crippen LogP contribution is -2.24. The molecule has 0 heterocycles. The second kappa shape index (κ2) is 16.8. The third-order valence-corrected chi connectivity index (χ3v) is 12.6. The van der Waals surface area contributed by atoms with Crippen LogP contribution in [0.3, 0.4) is 0 Å². The molecule has 0 N–H and O–H groups in total. The van der Waals surface area contributed by atoms with E-state index in [4.69, 9.17) is 22.8 Å². The SMILES string of the molecule is Cc1c(OC(C)(C)C)cc(C(C)(C)C)c(OPOc2ccc3c(c2)CCCC3)c1-c1c(C)c(C(C)(C)C)cc(C(C)(C)C)c1OPOc1ccc2c(c1)CCCC2. The molecule has 0 aromatic heterocycles. The zero-order chi connectivity index (χ0) is 41.5. The van der Waals surface area contributed by atoms with E-state index in [0.717, 1.165) is 87.8 Å². The van der Waals surface area contributed by atoms with E-state index in [2.05, 4.69) is 145 Å². The number of hydrogen-bond donors (Lipinski definition) is 0. The van der Waals surface area contributed by atoms with Crippen LogP contribution >= 0.6 is 18.1 Å². The van der Waals surface area contributed by atoms with Gasteiger partial charge in [0, 0.05) is 27.8 Å². The lowest BCUT2D eigenvalue weighted by molar-refractivity contribution is 0.129. The Kier molecular flexibility index (Phi) is 12.8. The highest BCUT2D eigenvalue weighted by atomic mass is 31.1. The third-order valence-electron chi connectivity index (χ3n) is 11.4. The molecular formula is C50H68O5P2. The van der Waals surface area contributed by atoms with E-state index in [1.54, 1.807) is 0 Å². The van der Waals surface area contributed by atoms with E-state index in [-0.39, 0.29) is 34.3 Å². The molecule has 2 aliphatic carbocycles. The predicted octanol–water partition coefficient (Wildman–Crippen LogP) is 14.7.